The van der Waals surface area contributed by atoms with E-state index in [0.717, 1.165) is 0 Å². The van der Waals surface area contributed by atoms with E-state index in [2.05, 4.69) is 11.5 Å². The molecule has 2 saturated carbocycles. The van der Waals surface area contributed by atoms with E-state index in [-0.39, 0.29) is 24.5 Å². The summed E-state index contributed by atoms with van der Waals surface area (Å²) in [7, 11) is 0. The Kier molecular flexibility index (Phi) is 3.62. The normalized spacial score (nSPS) is 48.8. The molecule has 114 valence electrons. The van der Waals surface area contributed by atoms with Gasteiger partial charge in [0.05, 0.1) is 11.7 Å². The molecule has 2 fully saturated rings. The number of hydrogen-bond acceptors (Lipinski definition) is 5. The lowest BCUT2D eigenvalue weighted by Crippen LogP contribution is -2.64. The predicted octanol–water partition coefficient (Wildman–Crippen LogP) is 1.68. The third-order valence-electron chi connectivity index (χ3n) is 5.56. The van der Waals surface area contributed by atoms with Gasteiger partial charge in [0.25, 0.3) is 0 Å². The molecule has 0 bridgehead atoms. The van der Waals surface area contributed by atoms with Crippen LogP contribution in [0.3, 0.4) is 0 Å². The highest BCUT2D eigenvalue weighted by atomic mass is 17.1. The Morgan fingerprint density at radius 3 is 2.55 bits per heavy atom. The number of fused-ring (bicyclic) bond motifs is 1. The van der Waals surface area contributed by atoms with Gasteiger partial charge in [-0.25, -0.2) is 4.89 Å². The van der Waals surface area contributed by atoms with Gasteiger partial charge in [-0.15, -0.1) is 0 Å². The average Bonchev–Trinajstić information content (AvgIpc) is 2.34. The van der Waals surface area contributed by atoms with Crippen LogP contribution in [-0.2, 0) is 9.68 Å². The zero-order valence-electron chi connectivity index (χ0n) is 12.3. The van der Waals surface area contributed by atoms with Crippen molar-refractivity contribution in [3.63, 3.8) is 0 Å². The molecule has 0 heterocycles. The minimum atomic E-state index is -1.47. The monoisotopic (exact) mass is 284 g/mol. The van der Waals surface area contributed by atoms with Gasteiger partial charge in [-0.3, -0.25) is 10.1 Å². The predicted molar refractivity (Wildman–Crippen MR) is 73.0 cm³/mol. The van der Waals surface area contributed by atoms with Gasteiger partial charge in [-0.05, 0) is 50.0 Å². The first-order valence-corrected chi connectivity index (χ1v) is 7.02. The molecule has 0 aliphatic heterocycles. The quantitative estimate of drug-likeness (QED) is 0.408. The van der Waals surface area contributed by atoms with Crippen LogP contribution < -0.4 is 0 Å². The van der Waals surface area contributed by atoms with E-state index in [1.165, 1.54) is 0 Å². The van der Waals surface area contributed by atoms with E-state index >= 15 is 0 Å². The van der Waals surface area contributed by atoms with Crippen molar-refractivity contribution in [3.05, 3.63) is 12.2 Å². The van der Waals surface area contributed by atoms with Crippen molar-refractivity contribution in [1.82, 2.24) is 0 Å². The molecule has 5 nitrogen and oxygen atoms in total. The summed E-state index contributed by atoms with van der Waals surface area (Å²) in [4.78, 5) is 17.0. The molecule has 0 amide bonds. The maximum atomic E-state index is 12.5. The van der Waals surface area contributed by atoms with E-state index in [1.807, 2.05) is 6.92 Å². The van der Waals surface area contributed by atoms with Crippen molar-refractivity contribution in [3.8, 4) is 0 Å². The third-order valence-corrected chi connectivity index (χ3v) is 5.56. The summed E-state index contributed by atoms with van der Waals surface area (Å²) in [6.07, 6.45) is 0.632. The first-order chi connectivity index (χ1) is 9.10. The van der Waals surface area contributed by atoms with Crippen LogP contribution in [0.1, 0.15) is 46.5 Å². The van der Waals surface area contributed by atoms with Crippen LogP contribution in [0, 0.1) is 11.3 Å². The minimum Gasteiger partial charge on any atom is -0.390 e. The van der Waals surface area contributed by atoms with Crippen LogP contribution in [0.5, 0.6) is 0 Å². The SMILES string of the molecule is C=C(C)[C@@]1(OO)C[C@@H]2[C@](C)(CC[C@H](O)[C@@]2(C)O)CC1=O. The highest BCUT2D eigenvalue weighted by Gasteiger charge is 2.62. The van der Waals surface area contributed by atoms with Crippen LogP contribution in [0.4, 0.5) is 0 Å². The van der Waals surface area contributed by atoms with Gasteiger partial charge < -0.3 is 10.2 Å². The second-order valence-corrected chi connectivity index (χ2v) is 6.99. The van der Waals surface area contributed by atoms with Crippen LogP contribution in [0.25, 0.3) is 0 Å². The number of aliphatic hydroxyl groups is 2. The summed E-state index contributed by atoms with van der Waals surface area (Å²) < 4.78 is 0. The molecule has 0 spiro atoms. The van der Waals surface area contributed by atoms with Gasteiger partial charge in [-0.1, -0.05) is 13.5 Å². The fourth-order valence-electron chi connectivity index (χ4n) is 4.02. The van der Waals surface area contributed by atoms with Crippen LogP contribution >= 0.6 is 0 Å². The summed E-state index contributed by atoms with van der Waals surface area (Å²) in [5.41, 5.74) is -2.75. The lowest BCUT2D eigenvalue weighted by molar-refractivity contribution is -0.318. The Bertz CT molecular complexity index is 444. The number of carbonyl (C=O) groups is 1. The number of Topliss-reactive ketones (excluding diaryl/α,β-unsaturated/α-hetero) is 1. The topological polar surface area (TPSA) is 87.0 Å². The molecule has 0 unspecified atom stereocenters. The molecular weight excluding hydrogens is 260 g/mol. The fourth-order valence-corrected chi connectivity index (χ4v) is 4.02. The molecule has 20 heavy (non-hydrogen) atoms. The van der Waals surface area contributed by atoms with Crippen molar-refractivity contribution in [2.24, 2.45) is 11.3 Å². The highest BCUT2D eigenvalue weighted by molar-refractivity contribution is 5.92. The van der Waals surface area contributed by atoms with Gasteiger partial charge in [0.1, 0.15) is 0 Å². The molecule has 2 aliphatic carbocycles. The van der Waals surface area contributed by atoms with Crippen molar-refractivity contribution >= 4 is 5.78 Å². The molecule has 0 aromatic carbocycles. The second-order valence-electron chi connectivity index (χ2n) is 6.99. The first-order valence-electron chi connectivity index (χ1n) is 7.02. The molecule has 3 N–H and O–H groups in total. The van der Waals surface area contributed by atoms with Gasteiger partial charge in [-0.2, -0.15) is 0 Å². The van der Waals surface area contributed by atoms with E-state index in [1.54, 1.807) is 13.8 Å². The standard InChI is InChI=1S/C15H24O5/c1-9(2)15(20-19)7-10-13(3,8-12(15)17)6-5-11(16)14(10,4)18/h10-11,16,18-19H,1,5-8H2,2-4H3/t10-,11+,13-,14+,15+/m1/s1. The summed E-state index contributed by atoms with van der Waals surface area (Å²) in [6.45, 7) is 8.93. The highest BCUT2D eigenvalue weighted by Crippen LogP contribution is 2.56. The van der Waals surface area contributed by atoms with E-state index < -0.39 is 22.7 Å². The molecule has 2 rings (SSSR count). The zero-order valence-corrected chi connectivity index (χ0v) is 12.3. The van der Waals surface area contributed by atoms with E-state index in [4.69, 9.17) is 0 Å². The Morgan fingerprint density at radius 1 is 1.45 bits per heavy atom. The minimum absolute atomic E-state index is 0.137. The molecule has 0 saturated heterocycles. The first kappa shape index (κ1) is 15.6. The smallest absolute Gasteiger partial charge is 0.182 e. The van der Waals surface area contributed by atoms with Crippen molar-refractivity contribution < 1.29 is 25.2 Å². The second kappa shape index (κ2) is 4.63. The summed E-state index contributed by atoms with van der Waals surface area (Å²) in [5, 5.41) is 30.0. The fraction of sp³-hybridized carbons (Fsp3) is 0.800. The van der Waals surface area contributed by atoms with Crippen molar-refractivity contribution in [2.75, 3.05) is 0 Å². The number of rotatable bonds is 2. The molecule has 0 aromatic heterocycles. The van der Waals surface area contributed by atoms with Crippen LogP contribution in [0.15, 0.2) is 12.2 Å². The largest absolute Gasteiger partial charge is 0.390 e. The average molecular weight is 284 g/mol. The van der Waals surface area contributed by atoms with Gasteiger partial charge in [0.2, 0.25) is 0 Å². The maximum Gasteiger partial charge on any atom is 0.182 e. The third kappa shape index (κ3) is 1.96. The summed E-state index contributed by atoms with van der Waals surface area (Å²) in [6, 6.07) is 0. The lowest BCUT2D eigenvalue weighted by Gasteiger charge is -2.57. The Labute approximate surface area is 119 Å². The number of ketones is 1. The number of carbonyl (C=O) groups excluding carboxylic acids is 1. The van der Waals surface area contributed by atoms with Gasteiger partial charge in [0, 0.05) is 6.42 Å². The van der Waals surface area contributed by atoms with Crippen LogP contribution in [0.2, 0.25) is 0 Å². The molecule has 0 aromatic rings. The molecule has 0 radical (unpaired) electrons. The number of hydrogen-bond donors (Lipinski definition) is 3. The van der Waals surface area contributed by atoms with Gasteiger partial charge in [0.15, 0.2) is 11.4 Å². The number of aliphatic hydroxyl groups excluding tert-OH is 1. The Hall–Kier alpha value is -0.750. The zero-order chi connectivity index (χ0) is 15.3. The molecule has 5 atom stereocenters. The van der Waals surface area contributed by atoms with Gasteiger partial charge >= 0.3 is 0 Å². The van der Waals surface area contributed by atoms with Crippen LogP contribution in [-0.4, -0.2) is 38.6 Å². The summed E-state index contributed by atoms with van der Waals surface area (Å²) >= 11 is 0. The summed E-state index contributed by atoms with van der Waals surface area (Å²) in [5.74, 6) is -0.557. The van der Waals surface area contributed by atoms with E-state index in [0.29, 0.717) is 18.4 Å². The Morgan fingerprint density at radius 2 is 2.05 bits per heavy atom. The molecule has 5 heteroatoms. The molecular formula is C15H24O5. The van der Waals surface area contributed by atoms with Crippen molar-refractivity contribution in [1.29, 1.82) is 0 Å². The lowest BCUT2D eigenvalue weighted by atomic mass is 9.51. The molecule has 2 aliphatic rings. The van der Waals surface area contributed by atoms with Crippen molar-refractivity contribution in [2.45, 2.75) is 63.8 Å². The van der Waals surface area contributed by atoms with E-state index in [9.17, 15) is 20.3 Å². The maximum absolute atomic E-state index is 12.5. The Balaban J connectivity index is 2.46.